The van der Waals surface area contributed by atoms with E-state index in [0.717, 1.165) is 18.5 Å². The van der Waals surface area contributed by atoms with E-state index in [0.29, 0.717) is 11.1 Å². The first-order chi connectivity index (χ1) is 11.4. The molecule has 0 radical (unpaired) electrons. The van der Waals surface area contributed by atoms with Gasteiger partial charge in [-0.1, -0.05) is 24.3 Å². The summed E-state index contributed by atoms with van der Waals surface area (Å²) >= 11 is 4.43. The Hall–Kier alpha value is -1.22. The summed E-state index contributed by atoms with van der Waals surface area (Å²) in [4.78, 5) is 25.0. The lowest BCUT2D eigenvalue weighted by Crippen LogP contribution is -2.08. The highest BCUT2D eigenvalue weighted by Gasteiger charge is 2.32. The highest BCUT2D eigenvalue weighted by molar-refractivity contribution is 14.1. The average Bonchev–Trinajstić information content (AvgIpc) is 2.76. The van der Waals surface area contributed by atoms with Crippen molar-refractivity contribution >= 4 is 62.8 Å². The Morgan fingerprint density at radius 2 is 1.46 bits per heavy atom. The van der Waals surface area contributed by atoms with Crippen LogP contribution in [0.15, 0.2) is 42.0 Å². The number of allylic oxidation sites excluding steroid dienone is 1. The molecule has 24 heavy (non-hydrogen) atoms. The van der Waals surface area contributed by atoms with Crippen molar-refractivity contribution in [3.8, 4) is 5.75 Å². The summed E-state index contributed by atoms with van der Waals surface area (Å²) in [5.74, 6) is 0.423. The summed E-state index contributed by atoms with van der Waals surface area (Å²) in [5, 5.41) is 0. The van der Waals surface area contributed by atoms with E-state index < -0.39 is 0 Å². The van der Waals surface area contributed by atoms with Gasteiger partial charge in [0.1, 0.15) is 5.75 Å². The lowest BCUT2D eigenvalue weighted by Gasteiger charge is -2.14. The van der Waals surface area contributed by atoms with Crippen LogP contribution in [0.4, 0.5) is 0 Å². The van der Waals surface area contributed by atoms with Gasteiger partial charge in [-0.2, -0.15) is 0 Å². The van der Waals surface area contributed by atoms with E-state index in [1.807, 2.05) is 26.0 Å². The van der Waals surface area contributed by atoms with Crippen molar-refractivity contribution < 1.29 is 14.3 Å². The molecule has 0 N–H and O–H groups in total. The molecule has 1 aliphatic carbocycles. The zero-order valence-corrected chi connectivity index (χ0v) is 17.4. The minimum atomic E-state index is -0.205. The van der Waals surface area contributed by atoms with Gasteiger partial charge < -0.3 is 4.74 Å². The molecule has 0 amide bonds. The second kappa shape index (κ2) is 6.95. The normalized spacial score (nSPS) is 13.5. The number of carbonyl (C=O) groups excluding carboxylic acids is 2. The second-order valence-corrected chi connectivity index (χ2v) is 8.07. The fraction of sp³-hybridized carbons (Fsp3) is 0.158. The number of ketones is 2. The SMILES string of the molecule is CC(C)Oc1c(I)cc(C=C2C(=O)c3ccccc3C2=O)cc1I. The maximum Gasteiger partial charge on any atom is 0.197 e. The third kappa shape index (κ3) is 3.28. The fourth-order valence-electron chi connectivity index (χ4n) is 2.58. The van der Waals surface area contributed by atoms with Gasteiger partial charge in [-0.15, -0.1) is 0 Å². The number of Topliss-reactive ketones (excluding diaryl/α,β-unsaturated/α-hetero) is 2. The Morgan fingerprint density at radius 1 is 0.958 bits per heavy atom. The summed E-state index contributed by atoms with van der Waals surface area (Å²) < 4.78 is 7.73. The number of rotatable bonds is 3. The summed E-state index contributed by atoms with van der Waals surface area (Å²) in [6.45, 7) is 3.96. The van der Waals surface area contributed by atoms with Gasteiger partial charge in [0.05, 0.1) is 18.8 Å². The topological polar surface area (TPSA) is 43.4 Å². The molecule has 0 saturated heterocycles. The highest BCUT2D eigenvalue weighted by atomic mass is 127. The summed E-state index contributed by atoms with van der Waals surface area (Å²) in [6.07, 6.45) is 1.76. The standard InChI is InChI=1S/C19H14I2O3/c1-10(2)24-19-15(20)8-11(9-16(19)21)7-14-17(22)12-5-3-4-6-13(12)18(14)23/h3-10H,1-2H3. The van der Waals surface area contributed by atoms with Crippen LogP contribution < -0.4 is 4.74 Å². The van der Waals surface area contributed by atoms with E-state index in [-0.39, 0.29) is 23.2 Å². The molecule has 3 nitrogen and oxygen atoms in total. The minimum Gasteiger partial charge on any atom is -0.489 e. The molecule has 0 aliphatic heterocycles. The molecular weight excluding hydrogens is 530 g/mol. The number of hydrogen-bond donors (Lipinski definition) is 0. The van der Waals surface area contributed by atoms with Gasteiger partial charge in [-0.05, 0) is 82.8 Å². The Kier molecular flexibility index (Phi) is 5.10. The fourth-order valence-corrected chi connectivity index (χ4v) is 4.65. The molecule has 0 atom stereocenters. The second-order valence-electron chi connectivity index (χ2n) is 5.74. The van der Waals surface area contributed by atoms with Crippen molar-refractivity contribution in [3.05, 3.63) is 65.8 Å². The van der Waals surface area contributed by atoms with E-state index in [2.05, 4.69) is 45.2 Å². The lowest BCUT2D eigenvalue weighted by atomic mass is 10.1. The first kappa shape index (κ1) is 17.6. The number of hydrogen-bond acceptors (Lipinski definition) is 3. The van der Waals surface area contributed by atoms with Crippen LogP contribution in [0, 0.1) is 7.14 Å². The predicted molar refractivity (Wildman–Crippen MR) is 111 cm³/mol. The summed E-state index contributed by atoms with van der Waals surface area (Å²) in [7, 11) is 0. The maximum absolute atomic E-state index is 12.5. The Labute approximate surface area is 167 Å². The predicted octanol–water partition coefficient (Wildman–Crippen LogP) is 5.15. The van der Waals surface area contributed by atoms with Gasteiger partial charge in [0.2, 0.25) is 0 Å². The number of halogens is 2. The van der Waals surface area contributed by atoms with Gasteiger partial charge in [-0.25, -0.2) is 0 Å². The lowest BCUT2D eigenvalue weighted by molar-refractivity contribution is 0.0990. The van der Waals surface area contributed by atoms with Gasteiger partial charge in [0, 0.05) is 11.1 Å². The number of ether oxygens (including phenoxy) is 1. The smallest absolute Gasteiger partial charge is 0.197 e. The zero-order valence-electron chi connectivity index (χ0n) is 13.1. The molecule has 0 unspecified atom stereocenters. The molecular formula is C19H14I2O3. The molecule has 0 spiro atoms. The van der Waals surface area contributed by atoms with E-state index in [1.165, 1.54) is 0 Å². The number of benzene rings is 2. The molecule has 2 aromatic rings. The first-order valence-corrected chi connectivity index (χ1v) is 9.60. The van der Waals surface area contributed by atoms with Crippen LogP contribution in [-0.4, -0.2) is 17.7 Å². The largest absolute Gasteiger partial charge is 0.489 e. The van der Waals surface area contributed by atoms with Gasteiger partial charge in [0.15, 0.2) is 11.6 Å². The van der Waals surface area contributed by atoms with Crippen LogP contribution in [-0.2, 0) is 0 Å². The van der Waals surface area contributed by atoms with Crippen molar-refractivity contribution in [2.24, 2.45) is 0 Å². The Morgan fingerprint density at radius 3 is 1.92 bits per heavy atom. The molecule has 0 fully saturated rings. The summed E-state index contributed by atoms with van der Waals surface area (Å²) in [5.41, 5.74) is 2.01. The first-order valence-electron chi connectivity index (χ1n) is 7.44. The van der Waals surface area contributed by atoms with Crippen LogP contribution in [0.3, 0.4) is 0 Å². The molecule has 122 valence electrons. The van der Waals surface area contributed by atoms with Crippen molar-refractivity contribution in [1.82, 2.24) is 0 Å². The van der Waals surface area contributed by atoms with Crippen LogP contribution in [0.1, 0.15) is 40.1 Å². The highest BCUT2D eigenvalue weighted by Crippen LogP contribution is 2.32. The number of carbonyl (C=O) groups is 2. The monoisotopic (exact) mass is 544 g/mol. The molecule has 2 aromatic carbocycles. The van der Waals surface area contributed by atoms with Gasteiger partial charge in [0.25, 0.3) is 0 Å². The molecule has 5 heteroatoms. The average molecular weight is 544 g/mol. The van der Waals surface area contributed by atoms with Gasteiger partial charge in [-0.3, -0.25) is 9.59 Å². The third-order valence-corrected chi connectivity index (χ3v) is 5.19. The Balaban J connectivity index is 2.02. The molecule has 0 heterocycles. The summed E-state index contributed by atoms with van der Waals surface area (Å²) in [6, 6.07) is 10.8. The molecule has 3 rings (SSSR count). The maximum atomic E-state index is 12.5. The van der Waals surface area contributed by atoms with Crippen molar-refractivity contribution in [1.29, 1.82) is 0 Å². The van der Waals surface area contributed by atoms with Crippen LogP contribution in [0.2, 0.25) is 0 Å². The zero-order chi connectivity index (χ0) is 17.4. The third-order valence-electron chi connectivity index (χ3n) is 3.59. The molecule has 1 aliphatic rings. The van der Waals surface area contributed by atoms with Crippen LogP contribution in [0.25, 0.3) is 6.08 Å². The van der Waals surface area contributed by atoms with E-state index in [9.17, 15) is 9.59 Å². The van der Waals surface area contributed by atoms with Crippen molar-refractivity contribution in [3.63, 3.8) is 0 Å². The minimum absolute atomic E-state index is 0.0868. The number of fused-ring (bicyclic) bond motifs is 1. The van der Waals surface area contributed by atoms with Gasteiger partial charge >= 0.3 is 0 Å². The van der Waals surface area contributed by atoms with Crippen molar-refractivity contribution in [2.45, 2.75) is 20.0 Å². The van der Waals surface area contributed by atoms with Crippen LogP contribution >= 0.6 is 45.2 Å². The quantitative estimate of drug-likeness (QED) is 0.306. The van der Waals surface area contributed by atoms with E-state index in [4.69, 9.17) is 4.74 Å². The van der Waals surface area contributed by atoms with E-state index >= 15 is 0 Å². The van der Waals surface area contributed by atoms with Crippen LogP contribution in [0.5, 0.6) is 5.75 Å². The van der Waals surface area contributed by atoms with E-state index in [1.54, 1.807) is 30.3 Å². The van der Waals surface area contributed by atoms with Crippen molar-refractivity contribution in [2.75, 3.05) is 0 Å². The molecule has 0 aromatic heterocycles. The Bertz CT molecular complexity index is 822. The molecule has 0 bridgehead atoms. The molecule has 0 saturated carbocycles.